The van der Waals surface area contributed by atoms with Crippen LogP contribution < -0.4 is 10.1 Å². The standard InChI is InChI=1S/C21H31N3O3/c1-5-16-6-11-19-20(12-16)24(4)21(23-19)27-18-9-7-17(8-10-18)26-13-14(2)22-15(3)25/h6,11-12,14,17-18H,5,7-10,13H2,1-4H3,(H,22,25)/t14-,17?,18?/m0/s1. The zero-order chi connectivity index (χ0) is 19.4. The summed E-state index contributed by atoms with van der Waals surface area (Å²) in [5.74, 6) is -0.0169. The van der Waals surface area contributed by atoms with Gasteiger partial charge in [0.15, 0.2) is 0 Å². The third kappa shape index (κ3) is 5.01. The average Bonchev–Trinajstić information content (AvgIpc) is 2.95. The first-order chi connectivity index (χ1) is 13.0. The molecule has 1 aromatic carbocycles. The summed E-state index contributed by atoms with van der Waals surface area (Å²) < 4.78 is 14.2. The van der Waals surface area contributed by atoms with E-state index in [1.807, 2.05) is 18.5 Å². The van der Waals surface area contributed by atoms with Crippen LogP contribution in [0.1, 0.15) is 52.0 Å². The normalized spacial score (nSPS) is 21.2. The van der Waals surface area contributed by atoms with Crippen molar-refractivity contribution in [3.63, 3.8) is 0 Å². The van der Waals surface area contributed by atoms with Gasteiger partial charge >= 0.3 is 0 Å². The Morgan fingerprint density at radius 2 is 2.00 bits per heavy atom. The summed E-state index contributed by atoms with van der Waals surface area (Å²) in [6.07, 6.45) is 5.31. The molecule has 6 heteroatoms. The maximum Gasteiger partial charge on any atom is 0.297 e. The largest absolute Gasteiger partial charge is 0.461 e. The first-order valence-corrected chi connectivity index (χ1v) is 9.97. The number of hydrogen-bond donors (Lipinski definition) is 1. The molecule has 0 unspecified atom stereocenters. The second kappa shape index (κ2) is 8.74. The number of aromatic nitrogens is 2. The minimum absolute atomic E-state index is 0.0169. The Balaban J connectivity index is 1.51. The third-order valence-corrected chi connectivity index (χ3v) is 5.24. The number of fused-ring (bicyclic) bond motifs is 1. The molecule has 1 aliphatic rings. The van der Waals surface area contributed by atoms with Gasteiger partial charge < -0.3 is 14.8 Å². The van der Waals surface area contributed by atoms with Crippen molar-refractivity contribution in [2.75, 3.05) is 6.61 Å². The molecule has 1 fully saturated rings. The van der Waals surface area contributed by atoms with Crippen molar-refractivity contribution in [2.24, 2.45) is 7.05 Å². The lowest BCUT2D eigenvalue weighted by molar-refractivity contribution is -0.120. The number of rotatable bonds is 7. The molecule has 148 valence electrons. The highest BCUT2D eigenvalue weighted by Gasteiger charge is 2.25. The molecule has 1 heterocycles. The molecule has 0 spiro atoms. The summed E-state index contributed by atoms with van der Waals surface area (Å²) in [5.41, 5.74) is 3.41. The predicted octanol–water partition coefficient (Wildman–Crippen LogP) is 3.37. The molecule has 0 saturated heterocycles. The summed E-state index contributed by atoms with van der Waals surface area (Å²) >= 11 is 0. The van der Waals surface area contributed by atoms with Crippen molar-refractivity contribution in [3.8, 4) is 6.01 Å². The number of carbonyl (C=O) groups excluding carboxylic acids is 1. The van der Waals surface area contributed by atoms with Crippen molar-refractivity contribution in [1.82, 2.24) is 14.9 Å². The summed E-state index contributed by atoms with van der Waals surface area (Å²) in [6, 6.07) is 7.13. The molecule has 1 saturated carbocycles. The van der Waals surface area contributed by atoms with Crippen LogP contribution in [0.4, 0.5) is 0 Å². The van der Waals surface area contributed by atoms with E-state index in [1.165, 1.54) is 12.5 Å². The van der Waals surface area contributed by atoms with Crippen molar-refractivity contribution in [1.29, 1.82) is 0 Å². The van der Waals surface area contributed by atoms with E-state index in [9.17, 15) is 4.79 Å². The van der Waals surface area contributed by atoms with E-state index < -0.39 is 0 Å². The zero-order valence-electron chi connectivity index (χ0n) is 16.8. The van der Waals surface area contributed by atoms with E-state index in [1.54, 1.807) is 0 Å². The molecule has 6 nitrogen and oxygen atoms in total. The van der Waals surface area contributed by atoms with Crippen molar-refractivity contribution in [3.05, 3.63) is 23.8 Å². The van der Waals surface area contributed by atoms with Crippen molar-refractivity contribution < 1.29 is 14.3 Å². The van der Waals surface area contributed by atoms with Gasteiger partial charge in [-0.05, 0) is 56.7 Å². The molecule has 3 rings (SSSR count). The smallest absolute Gasteiger partial charge is 0.297 e. The first-order valence-electron chi connectivity index (χ1n) is 9.97. The Morgan fingerprint density at radius 1 is 1.30 bits per heavy atom. The molecule has 27 heavy (non-hydrogen) atoms. The number of ether oxygens (including phenoxy) is 2. The van der Waals surface area contributed by atoms with Crippen LogP contribution in [0.3, 0.4) is 0 Å². The van der Waals surface area contributed by atoms with Crippen LogP contribution in [0.2, 0.25) is 0 Å². The highest BCUT2D eigenvalue weighted by molar-refractivity contribution is 5.77. The summed E-state index contributed by atoms with van der Waals surface area (Å²) in [4.78, 5) is 15.7. The molecule has 1 aromatic heterocycles. The first kappa shape index (κ1) is 19.7. The molecule has 2 aromatic rings. The maximum atomic E-state index is 11.1. The number of benzene rings is 1. The fourth-order valence-electron chi connectivity index (χ4n) is 3.67. The van der Waals surface area contributed by atoms with Gasteiger partial charge in [-0.25, -0.2) is 0 Å². The molecule has 1 atom stereocenters. The Labute approximate surface area is 161 Å². The van der Waals surface area contributed by atoms with Crippen LogP contribution in [-0.4, -0.2) is 40.3 Å². The van der Waals surface area contributed by atoms with Crippen LogP contribution in [-0.2, 0) is 23.0 Å². The molecule has 0 bridgehead atoms. The van der Waals surface area contributed by atoms with Gasteiger partial charge in [-0.2, -0.15) is 4.98 Å². The van der Waals surface area contributed by atoms with Crippen LogP contribution in [0.5, 0.6) is 6.01 Å². The lowest BCUT2D eigenvalue weighted by Gasteiger charge is -2.29. The van der Waals surface area contributed by atoms with Gasteiger partial charge in [0, 0.05) is 20.0 Å². The lowest BCUT2D eigenvalue weighted by atomic mass is 9.95. The van der Waals surface area contributed by atoms with Gasteiger partial charge in [0.1, 0.15) is 6.10 Å². The highest BCUT2D eigenvalue weighted by Crippen LogP contribution is 2.27. The van der Waals surface area contributed by atoms with Gasteiger partial charge in [-0.1, -0.05) is 13.0 Å². The SMILES string of the molecule is CCc1ccc2nc(OC3CCC(OC[C@H](C)NC(C)=O)CC3)n(C)c2c1. The molecule has 0 aliphatic heterocycles. The van der Waals surface area contributed by atoms with Gasteiger partial charge in [0.05, 0.1) is 23.7 Å². The van der Waals surface area contributed by atoms with Crippen LogP contribution in [0.15, 0.2) is 18.2 Å². The number of imidazole rings is 1. The Morgan fingerprint density at radius 3 is 2.67 bits per heavy atom. The fourth-order valence-corrected chi connectivity index (χ4v) is 3.67. The van der Waals surface area contributed by atoms with Crippen LogP contribution >= 0.6 is 0 Å². The molecule has 0 radical (unpaired) electrons. The number of aryl methyl sites for hydroxylation is 2. The molecule has 1 aliphatic carbocycles. The Bertz CT molecular complexity index is 778. The van der Waals surface area contributed by atoms with Gasteiger partial charge in [0.25, 0.3) is 6.01 Å². The van der Waals surface area contributed by atoms with E-state index in [2.05, 4.69) is 35.4 Å². The number of hydrogen-bond acceptors (Lipinski definition) is 4. The maximum absolute atomic E-state index is 11.1. The molecule has 1 N–H and O–H groups in total. The second-order valence-corrected chi connectivity index (χ2v) is 7.58. The number of nitrogens with zero attached hydrogens (tertiary/aromatic N) is 2. The van der Waals surface area contributed by atoms with Crippen LogP contribution in [0.25, 0.3) is 11.0 Å². The molecular formula is C21H31N3O3. The number of amides is 1. The van der Waals surface area contributed by atoms with E-state index in [-0.39, 0.29) is 24.2 Å². The number of nitrogens with one attached hydrogen (secondary N) is 1. The van der Waals surface area contributed by atoms with Crippen molar-refractivity contribution >= 4 is 16.9 Å². The third-order valence-electron chi connectivity index (χ3n) is 5.24. The average molecular weight is 373 g/mol. The quantitative estimate of drug-likeness (QED) is 0.808. The Kier molecular flexibility index (Phi) is 6.37. The summed E-state index contributed by atoms with van der Waals surface area (Å²) in [6.45, 7) is 6.21. The van der Waals surface area contributed by atoms with Crippen LogP contribution in [0, 0.1) is 0 Å². The predicted molar refractivity (Wildman–Crippen MR) is 106 cm³/mol. The van der Waals surface area contributed by atoms with E-state index in [4.69, 9.17) is 9.47 Å². The summed E-state index contributed by atoms with van der Waals surface area (Å²) in [5, 5.41) is 2.85. The molecular weight excluding hydrogens is 342 g/mol. The van der Waals surface area contributed by atoms with Crippen molar-refractivity contribution in [2.45, 2.75) is 71.1 Å². The number of carbonyl (C=O) groups is 1. The monoisotopic (exact) mass is 373 g/mol. The van der Waals surface area contributed by atoms with Gasteiger partial charge in [0.2, 0.25) is 5.91 Å². The van der Waals surface area contributed by atoms with E-state index in [0.717, 1.165) is 43.1 Å². The minimum atomic E-state index is -0.0169. The highest BCUT2D eigenvalue weighted by atomic mass is 16.5. The fraction of sp³-hybridized carbons (Fsp3) is 0.619. The molecule has 1 amide bonds. The van der Waals surface area contributed by atoms with E-state index in [0.29, 0.717) is 12.6 Å². The minimum Gasteiger partial charge on any atom is -0.461 e. The Hall–Kier alpha value is -2.08. The lowest BCUT2D eigenvalue weighted by Crippen LogP contribution is -2.37. The van der Waals surface area contributed by atoms with E-state index >= 15 is 0 Å². The van der Waals surface area contributed by atoms with Gasteiger partial charge in [-0.15, -0.1) is 0 Å². The summed E-state index contributed by atoms with van der Waals surface area (Å²) in [7, 11) is 2.02. The zero-order valence-corrected chi connectivity index (χ0v) is 16.8. The topological polar surface area (TPSA) is 65.4 Å². The van der Waals surface area contributed by atoms with Gasteiger partial charge in [-0.3, -0.25) is 9.36 Å². The second-order valence-electron chi connectivity index (χ2n) is 7.58.